The van der Waals surface area contributed by atoms with Crippen LogP contribution < -0.4 is 10.8 Å². The van der Waals surface area contributed by atoms with Gasteiger partial charge in [-0.15, -0.1) is 0 Å². The normalized spacial score (nSPS) is 24.5. The van der Waals surface area contributed by atoms with Gasteiger partial charge in [-0.2, -0.15) is 0 Å². The summed E-state index contributed by atoms with van der Waals surface area (Å²) in [6.45, 7) is 15.4. The third kappa shape index (κ3) is 5.69. The quantitative estimate of drug-likeness (QED) is 0.698. The van der Waals surface area contributed by atoms with E-state index in [0.717, 1.165) is 11.0 Å². The fourth-order valence-electron chi connectivity index (χ4n) is 3.86. The number of piperidine rings is 1. The zero-order valence-corrected chi connectivity index (χ0v) is 21.0. The number of halogens is 1. The molecule has 1 N–H and O–H groups in total. The van der Waals surface area contributed by atoms with Crippen LogP contribution in [0.5, 0.6) is 0 Å². The van der Waals surface area contributed by atoms with Crippen LogP contribution in [0.3, 0.4) is 0 Å². The van der Waals surface area contributed by atoms with Crippen LogP contribution in [0.1, 0.15) is 70.8 Å². The van der Waals surface area contributed by atoms with Crippen molar-refractivity contribution < 1.29 is 28.0 Å². The van der Waals surface area contributed by atoms with E-state index in [1.165, 1.54) is 4.90 Å². The molecule has 2 aliphatic heterocycles. The fraction of sp³-hybridized carbons (Fsp3) is 0.667. The van der Waals surface area contributed by atoms with E-state index in [1.54, 1.807) is 32.9 Å². The van der Waals surface area contributed by atoms with Gasteiger partial charge in [0.25, 0.3) is 5.91 Å². The molecule has 0 aromatic heterocycles. The van der Waals surface area contributed by atoms with Crippen molar-refractivity contribution in [2.75, 3.05) is 13.1 Å². The molecule has 2 unspecified atom stereocenters. The van der Waals surface area contributed by atoms with Gasteiger partial charge >= 0.3 is 13.2 Å². The highest BCUT2D eigenvalue weighted by atomic mass is 19.1. The van der Waals surface area contributed by atoms with E-state index in [1.807, 2.05) is 40.7 Å². The van der Waals surface area contributed by atoms with Gasteiger partial charge < -0.3 is 24.3 Å². The first-order valence-corrected chi connectivity index (χ1v) is 11.5. The Bertz CT molecular complexity index is 899. The first kappa shape index (κ1) is 25.5. The van der Waals surface area contributed by atoms with Gasteiger partial charge in [0, 0.05) is 12.1 Å². The topological polar surface area (TPSA) is 77.1 Å². The SMILES string of the molecule is Cc1cc(C(=O)NC2CCN(C(=O)OC(C)(C)C)CC2F)ccc1B1OC(C)(C)C(C)(C)O1. The Morgan fingerprint density at radius 2 is 1.79 bits per heavy atom. The number of carbonyl (C=O) groups is 2. The lowest BCUT2D eigenvalue weighted by atomic mass is 9.76. The minimum Gasteiger partial charge on any atom is -0.444 e. The van der Waals surface area contributed by atoms with Gasteiger partial charge in [0.2, 0.25) is 0 Å². The molecule has 2 aliphatic rings. The average Bonchev–Trinajstić information content (AvgIpc) is 2.88. The van der Waals surface area contributed by atoms with Crippen LogP contribution in [0, 0.1) is 6.92 Å². The summed E-state index contributed by atoms with van der Waals surface area (Å²) < 4.78 is 32.3. The van der Waals surface area contributed by atoms with Crippen molar-refractivity contribution in [3.63, 3.8) is 0 Å². The minimum atomic E-state index is -1.37. The van der Waals surface area contributed by atoms with Gasteiger partial charge in [0.05, 0.1) is 23.8 Å². The number of nitrogens with one attached hydrogen (secondary N) is 1. The molecule has 2 fully saturated rings. The summed E-state index contributed by atoms with van der Waals surface area (Å²) in [5.74, 6) is -0.350. The zero-order valence-electron chi connectivity index (χ0n) is 21.0. The van der Waals surface area contributed by atoms with Crippen LogP contribution >= 0.6 is 0 Å². The molecule has 7 nitrogen and oxygen atoms in total. The molecule has 0 saturated carbocycles. The Labute approximate surface area is 196 Å². The lowest BCUT2D eigenvalue weighted by Gasteiger charge is -2.35. The molecule has 3 rings (SSSR count). The zero-order chi connectivity index (χ0) is 24.8. The van der Waals surface area contributed by atoms with Gasteiger partial charge in [0.15, 0.2) is 0 Å². The van der Waals surface area contributed by atoms with Gasteiger partial charge in [-0.25, -0.2) is 9.18 Å². The number of likely N-dealkylation sites (tertiary alicyclic amines) is 1. The van der Waals surface area contributed by atoms with E-state index < -0.39 is 42.2 Å². The van der Waals surface area contributed by atoms with Crippen molar-refractivity contribution in [1.29, 1.82) is 0 Å². The summed E-state index contributed by atoms with van der Waals surface area (Å²) in [7, 11) is -0.514. The number of hydrogen-bond donors (Lipinski definition) is 1. The van der Waals surface area contributed by atoms with Gasteiger partial charge in [0.1, 0.15) is 11.8 Å². The molecule has 0 aliphatic carbocycles. The number of hydrogen-bond acceptors (Lipinski definition) is 5. The van der Waals surface area contributed by atoms with E-state index in [4.69, 9.17) is 14.0 Å². The summed E-state index contributed by atoms with van der Waals surface area (Å²) in [5, 5.41) is 2.78. The number of ether oxygens (including phenoxy) is 1. The summed E-state index contributed by atoms with van der Waals surface area (Å²) in [6, 6.07) is 4.62. The molecular formula is C24H36BFN2O5. The van der Waals surface area contributed by atoms with Crippen molar-refractivity contribution >= 4 is 24.6 Å². The number of benzene rings is 1. The maximum absolute atomic E-state index is 14.8. The Morgan fingerprint density at radius 1 is 1.18 bits per heavy atom. The average molecular weight is 462 g/mol. The van der Waals surface area contributed by atoms with Crippen LogP contribution in [-0.2, 0) is 14.0 Å². The molecule has 1 aromatic rings. The highest BCUT2D eigenvalue weighted by Crippen LogP contribution is 2.36. The van der Waals surface area contributed by atoms with Crippen molar-refractivity contribution in [1.82, 2.24) is 10.2 Å². The first-order valence-electron chi connectivity index (χ1n) is 11.5. The first-order chi connectivity index (χ1) is 15.1. The molecule has 0 radical (unpaired) electrons. The number of nitrogens with zero attached hydrogens (tertiary/aromatic N) is 1. The molecular weight excluding hydrogens is 426 g/mol. The number of amides is 2. The van der Waals surface area contributed by atoms with Crippen LogP contribution in [-0.4, -0.2) is 66.1 Å². The minimum absolute atomic E-state index is 0.111. The van der Waals surface area contributed by atoms with E-state index in [2.05, 4.69) is 5.32 Å². The molecule has 9 heteroatoms. The fourth-order valence-corrected chi connectivity index (χ4v) is 3.86. The van der Waals surface area contributed by atoms with Crippen molar-refractivity contribution in [3.05, 3.63) is 29.3 Å². The third-order valence-electron chi connectivity index (χ3n) is 6.55. The van der Waals surface area contributed by atoms with E-state index in [-0.39, 0.29) is 12.5 Å². The smallest absolute Gasteiger partial charge is 0.444 e. The highest BCUT2D eigenvalue weighted by Gasteiger charge is 2.52. The number of aryl methyl sites for hydroxylation is 1. The second kappa shape index (κ2) is 8.91. The summed E-state index contributed by atoms with van der Waals surface area (Å²) in [4.78, 5) is 26.4. The van der Waals surface area contributed by atoms with Crippen LogP contribution in [0.2, 0.25) is 0 Å². The number of alkyl halides is 1. The van der Waals surface area contributed by atoms with E-state index >= 15 is 0 Å². The predicted octanol–water partition coefficient (Wildman–Crippen LogP) is 3.37. The standard InChI is InChI=1S/C24H36BFN2O5/c1-15-13-16(9-10-17(15)25-32-23(5,6)24(7,8)33-25)20(29)27-19-11-12-28(14-18(19)26)21(30)31-22(2,3)4/h9-10,13,18-19H,11-12,14H2,1-8H3,(H,27,29). The Kier molecular flexibility index (Phi) is 6.88. The molecule has 2 heterocycles. The van der Waals surface area contributed by atoms with Gasteiger partial charge in [-0.1, -0.05) is 11.6 Å². The van der Waals surface area contributed by atoms with Gasteiger partial charge in [-0.05, 0) is 79.4 Å². The molecule has 0 spiro atoms. The van der Waals surface area contributed by atoms with Gasteiger partial charge in [-0.3, -0.25) is 4.79 Å². The van der Waals surface area contributed by atoms with Crippen LogP contribution in [0.15, 0.2) is 18.2 Å². The Hall–Kier alpha value is -2.13. The van der Waals surface area contributed by atoms with Crippen LogP contribution in [0.4, 0.5) is 9.18 Å². The van der Waals surface area contributed by atoms with Crippen LogP contribution in [0.25, 0.3) is 0 Å². The lowest BCUT2D eigenvalue weighted by Crippen LogP contribution is -2.54. The summed E-state index contributed by atoms with van der Waals surface area (Å²) in [6.07, 6.45) is -1.60. The molecule has 1 aromatic carbocycles. The predicted molar refractivity (Wildman–Crippen MR) is 125 cm³/mol. The lowest BCUT2D eigenvalue weighted by molar-refractivity contribution is 0.00578. The molecule has 0 bridgehead atoms. The van der Waals surface area contributed by atoms with Crippen molar-refractivity contribution in [2.45, 2.75) is 90.8 Å². The molecule has 2 atom stereocenters. The second-order valence-corrected chi connectivity index (χ2v) is 11.0. The monoisotopic (exact) mass is 462 g/mol. The third-order valence-corrected chi connectivity index (χ3v) is 6.55. The molecule has 2 saturated heterocycles. The maximum Gasteiger partial charge on any atom is 0.495 e. The summed E-state index contributed by atoms with van der Waals surface area (Å²) >= 11 is 0. The molecule has 182 valence electrons. The van der Waals surface area contributed by atoms with E-state index in [0.29, 0.717) is 18.5 Å². The van der Waals surface area contributed by atoms with E-state index in [9.17, 15) is 14.0 Å². The Balaban J connectivity index is 1.61. The number of carbonyl (C=O) groups excluding carboxylic acids is 2. The largest absolute Gasteiger partial charge is 0.495 e. The maximum atomic E-state index is 14.8. The molecule has 33 heavy (non-hydrogen) atoms. The number of rotatable bonds is 3. The summed E-state index contributed by atoms with van der Waals surface area (Å²) in [5.41, 5.74) is 0.610. The molecule has 2 amide bonds. The Morgan fingerprint density at radius 3 is 2.30 bits per heavy atom. The van der Waals surface area contributed by atoms with Crippen molar-refractivity contribution in [2.24, 2.45) is 0 Å². The van der Waals surface area contributed by atoms with Crippen molar-refractivity contribution in [3.8, 4) is 0 Å². The second-order valence-electron chi connectivity index (χ2n) is 11.0. The highest BCUT2D eigenvalue weighted by molar-refractivity contribution is 6.62.